The van der Waals surface area contributed by atoms with E-state index in [4.69, 9.17) is 17.7 Å². The molecule has 0 saturated carbocycles. The molecule has 0 atom stereocenters. The predicted molar refractivity (Wildman–Crippen MR) is 604 cm³/mol. The van der Waals surface area contributed by atoms with Gasteiger partial charge in [0, 0.05) is 94.1 Å². The second kappa shape index (κ2) is 42.1. The zero-order chi connectivity index (χ0) is 99.9. The van der Waals surface area contributed by atoms with E-state index in [2.05, 4.69) is 355 Å². The van der Waals surface area contributed by atoms with Crippen LogP contribution in [0.15, 0.2) is 474 Å². The van der Waals surface area contributed by atoms with E-state index in [1.807, 2.05) is 140 Å². The maximum Gasteiger partial charge on any atom is 1.20 e. The Morgan fingerprint density at radius 3 is 1.10 bits per heavy atom. The first-order valence-electron chi connectivity index (χ1n) is 48.8. The van der Waals surface area contributed by atoms with Crippen molar-refractivity contribution in [3.8, 4) is 73.5 Å². The first-order valence-corrected chi connectivity index (χ1v) is 56.6. The average Bonchev–Trinajstić information content (AvgIpc) is 1.16. The van der Waals surface area contributed by atoms with Gasteiger partial charge in [0.05, 0.1) is 44.1 Å². The predicted octanol–water partition coefficient (Wildman–Crippen LogP) is 28.4. The first kappa shape index (κ1) is 95.5. The summed E-state index contributed by atoms with van der Waals surface area (Å²) < 4.78 is 55.3. The van der Waals surface area contributed by atoms with Gasteiger partial charge in [0.1, 0.15) is 51.3 Å². The van der Waals surface area contributed by atoms with Gasteiger partial charge < -0.3 is 26.3 Å². The van der Waals surface area contributed by atoms with Crippen LogP contribution >= 0.6 is 0 Å². The molecule has 0 aliphatic rings. The van der Waals surface area contributed by atoms with Crippen LogP contribution in [0.1, 0.15) is 0 Å². The maximum atomic E-state index is 14.3. The van der Waals surface area contributed by atoms with E-state index < -0.39 is 31.3 Å². The quantitative estimate of drug-likeness (QED) is 0.0436. The minimum Gasteiger partial charge on any atom is -0.871 e. The van der Waals surface area contributed by atoms with E-state index in [-0.39, 0.29) is 36.2 Å². The molecule has 5 heterocycles. The fourth-order valence-electron chi connectivity index (χ4n) is 19.4. The summed E-state index contributed by atoms with van der Waals surface area (Å²) in [5.41, 5.74) is 20.3. The standard InChI is InChI=1S/C46H42F2N2Si2.C45H30N2.4C9H7NO.Al.BH.Li/c1-51(2,3)39-23-19-37(20-24-39)49(35-15-11-33(47)12-16-35)43-29-9-31-8-28-42-44(30-10-32-7-27-41(43)45(31)46(32)42)50(36-17-13-34(48)14-18-36)38-21-25-40(26-22-38)52(4,5)6;1-4-14-32(15-5-1)43-37-20-10-11-21-38(37)44(33-16-6-2-7-17-33)40-30-35(28-29-39(40)43)31-24-26-34(27-25-31)45-46-41-22-12-13-23-42(41)47(45)36-18-8-3-9-19-36;4*11-8-5-1-3-7-4-2-6-10-9(7)8;;;/h7-30H,1-6H3;1-30H;4*1-6,11H;;1H;/q;;;;;;+3;;+1/p-4/i;;;;;;;1D;. The fraction of sp³-hybridized carbons (Fsp3) is 0.0472. The molecule has 0 aliphatic carbocycles. The number of rotatable bonds is 19. The molecule has 0 saturated heterocycles. The molecular formula is C127H97AlBF2LiN8O4Si2. The van der Waals surface area contributed by atoms with E-state index in [1.165, 1.54) is 106 Å². The van der Waals surface area contributed by atoms with Gasteiger partial charge in [-0.3, -0.25) is 24.5 Å². The van der Waals surface area contributed by atoms with Gasteiger partial charge in [0.2, 0.25) is 0 Å². The van der Waals surface area contributed by atoms with Gasteiger partial charge in [0.25, 0.3) is 0 Å². The van der Waals surface area contributed by atoms with Crippen LogP contribution in [0.5, 0.6) is 23.0 Å². The number of hydrogen-bond donors (Lipinski definition) is 0. The SMILES string of the molecule is C[Si](C)(C)c1ccc(N(c2ccc(F)cc2)c2ccc3ccc4c(N(c5ccc(F)cc5)c5ccc([Si](C)(C)C)cc5)ccc5ccc2c3c54)cc1.[2H][B].[Li+].[O-]c1cccc2cccnc12.c1ccc(-c2c3ccccc3c(-c3ccccc3)c3cc(-c4ccc(-c5nc6ccccc6n5-c5ccccc5)cc4)ccc23)cc1.c1cnc2c([O][Al]([O]c3cccc4cccnc34)[O]c3cccc4cccnc34)cccc2c1. The number of imidazole rings is 1. The number of pyridine rings is 4. The normalized spacial score (nSPS) is 11.4. The van der Waals surface area contributed by atoms with Crippen molar-refractivity contribution in [2.45, 2.75) is 39.3 Å². The smallest absolute Gasteiger partial charge is 0.871 e. The van der Waals surface area contributed by atoms with Crippen LogP contribution in [0.2, 0.25) is 39.3 Å². The number of aromatic nitrogens is 6. The Hall–Kier alpha value is -16.6. The maximum absolute atomic E-state index is 14.3. The number of halogens is 2. The number of nitrogens with zero attached hydrogens (tertiary/aromatic N) is 8. The van der Waals surface area contributed by atoms with Crippen LogP contribution in [0.4, 0.5) is 42.9 Å². The molecule has 146 heavy (non-hydrogen) atoms. The van der Waals surface area contributed by atoms with Crippen LogP contribution in [-0.2, 0) is 0 Å². The minimum absolute atomic E-state index is 0. The topological polar surface area (TPSA) is 127 Å². The molecule has 0 N–H and O–H groups in total. The molecule has 12 nitrogen and oxygen atoms in total. The molecule has 20 aromatic carbocycles. The molecule has 5 aromatic heterocycles. The van der Waals surface area contributed by atoms with Gasteiger partial charge >= 0.3 is 34.0 Å². The second-order valence-electron chi connectivity index (χ2n) is 37.7. The van der Waals surface area contributed by atoms with Gasteiger partial charge in [-0.2, -0.15) is 0 Å². The molecule has 0 unspecified atom stereocenters. The summed E-state index contributed by atoms with van der Waals surface area (Å²) in [7, 11) is 0.726. The molecule has 698 valence electrons. The number of fused-ring (bicyclic) bond motifs is 7. The molecule has 2 radical (unpaired) electrons. The number of anilines is 6. The minimum atomic E-state index is -2.86. The molecular weight excluding hydrogens is 1840 g/mol. The molecule has 25 aromatic rings. The van der Waals surface area contributed by atoms with E-state index in [0.717, 1.165) is 122 Å². The van der Waals surface area contributed by atoms with Crippen LogP contribution in [-0.4, -0.2) is 70.5 Å². The second-order valence-corrected chi connectivity index (χ2v) is 49.2. The van der Waals surface area contributed by atoms with E-state index >= 15 is 0 Å². The third kappa shape index (κ3) is 19.8. The molecule has 25 rings (SSSR count). The van der Waals surface area contributed by atoms with E-state index in [0.29, 0.717) is 22.8 Å². The van der Waals surface area contributed by atoms with Crippen molar-refractivity contribution in [1.29, 1.82) is 1.34 Å². The van der Waals surface area contributed by atoms with Crippen molar-refractivity contribution < 1.29 is 44.1 Å². The molecule has 0 spiro atoms. The average molecular weight is 1940 g/mol. The summed E-state index contributed by atoms with van der Waals surface area (Å²) in [4.78, 5) is 27.1. The largest absolute Gasteiger partial charge is 1.20 e. The Kier molecular flexibility index (Phi) is 27.6. The van der Waals surface area contributed by atoms with Crippen molar-refractivity contribution >= 4 is 193 Å². The van der Waals surface area contributed by atoms with Crippen LogP contribution in [0, 0.1) is 11.6 Å². The third-order valence-electron chi connectivity index (χ3n) is 26.5. The van der Waals surface area contributed by atoms with Crippen molar-refractivity contribution in [2.75, 3.05) is 9.80 Å². The Balaban J connectivity index is 0.000000127. The van der Waals surface area contributed by atoms with Gasteiger partial charge in [-0.05, 0) is 241 Å². The zero-order valence-electron chi connectivity index (χ0n) is 82.7. The van der Waals surface area contributed by atoms with E-state index in [1.54, 1.807) is 30.9 Å². The van der Waals surface area contributed by atoms with Crippen LogP contribution in [0.25, 0.3) is 159 Å². The summed E-state index contributed by atoms with van der Waals surface area (Å²) in [5, 5.41) is 29.6. The number of benzene rings is 20. The van der Waals surface area contributed by atoms with Crippen molar-refractivity contribution in [3.63, 3.8) is 0 Å². The Morgan fingerprint density at radius 1 is 0.308 bits per heavy atom. The van der Waals surface area contributed by atoms with Gasteiger partial charge in [-0.1, -0.05) is 347 Å². The summed E-state index contributed by atoms with van der Waals surface area (Å²) >= 11 is -2.86. The Morgan fingerprint density at radius 2 is 0.658 bits per heavy atom. The number of hydrogen-bond acceptors (Lipinski definition) is 11. The monoisotopic (exact) mass is 1940 g/mol. The zero-order valence-corrected chi connectivity index (χ0v) is 84.8. The summed E-state index contributed by atoms with van der Waals surface area (Å²) in [6.07, 6.45) is 6.87. The van der Waals surface area contributed by atoms with E-state index in [9.17, 15) is 13.9 Å². The van der Waals surface area contributed by atoms with Crippen LogP contribution < -0.4 is 55.5 Å². The van der Waals surface area contributed by atoms with Crippen molar-refractivity contribution in [3.05, 3.63) is 485 Å². The summed E-state index contributed by atoms with van der Waals surface area (Å²) in [6.45, 7) is 14.1. The first-order chi connectivity index (χ1) is 71.4. The summed E-state index contributed by atoms with van der Waals surface area (Å²) in [6, 6.07) is 152. The molecule has 0 bridgehead atoms. The van der Waals surface area contributed by atoms with Crippen molar-refractivity contribution in [1.82, 2.24) is 29.5 Å². The van der Waals surface area contributed by atoms with Crippen LogP contribution in [0.3, 0.4) is 0 Å². The van der Waals surface area contributed by atoms with Gasteiger partial charge in [-0.25, -0.2) is 13.8 Å². The van der Waals surface area contributed by atoms with Crippen molar-refractivity contribution in [2.24, 2.45) is 0 Å². The summed E-state index contributed by atoms with van der Waals surface area (Å²) in [5.74, 6) is 2.22. The Labute approximate surface area is 868 Å². The molecule has 0 amide bonds. The Bertz CT molecular complexity index is 8630. The molecule has 19 heteroatoms. The molecule has 0 aliphatic heterocycles. The number of para-hydroxylation sites is 7. The molecule has 0 fully saturated rings. The third-order valence-corrected chi connectivity index (χ3v) is 32.0. The fourth-order valence-corrected chi connectivity index (χ4v) is 23.1. The van der Waals surface area contributed by atoms with Gasteiger partial charge in [-0.15, -0.1) is 0 Å². The van der Waals surface area contributed by atoms with Gasteiger partial charge in [0.15, 0.2) is 0 Å².